The van der Waals surface area contributed by atoms with E-state index in [1.54, 1.807) is 29.2 Å². The molecule has 1 aliphatic rings. The number of carbonyl (C=O) groups is 1. The summed E-state index contributed by atoms with van der Waals surface area (Å²) < 4.78 is 0. The lowest BCUT2D eigenvalue weighted by molar-refractivity contribution is 0.0883. The van der Waals surface area contributed by atoms with Gasteiger partial charge in [-0.1, -0.05) is 11.6 Å². The zero-order chi connectivity index (χ0) is 12.3. The first kappa shape index (κ1) is 12.2. The lowest BCUT2D eigenvalue weighted by atomic mass is 10.1. The van der Waals surface area contributed by atoms with Crippen LogP contribution in [0.4, 0.5) is 10.5 Å². The van der Waals surface area contributed by atoms with Crippen molar-refractivity contribution in [3.63, 3.8) is 0 Å². The first-order valence-corrected chi connectivity index (χ1v) is 6.02. The second-order valence-corrected chi connectivity index (χ2v) is 4.62. The molecule has 5 heteroatoms. The molecule has 17 heavy (non-hydrogen) atoms. The molecular formula is C12H15ClN2O2. The van der Waals surface area contributed by atoms with Crippen molar-refractivity contribution >= 4 is 23.3 Å². The standard InChI is InChI=1S/C12H15ClN2O2/c13-9-3-5-10(6-4-9)14-12(17)15-7-1-2-11(16)8-15/h3-6,11,16H,1-2,7-8H2,(H,14,17)/t11-/m0/s1. The smallest absolute Gasteiger partial charge is 0.321 e. The first-order valence-electron chi connectivity index (χ1n) is 5.65. The molecule has 2 amide bonds. The highest BCUT2D eigenvalue weighted by Crippen LogP contribution is 2.15. The summed E-state index contributed by atoms with van der Waals surface area (Å²) >= 11 is 5.76. The van der Waals surface area contributed by atoms with Crippen molar-refractivity contribution in [1.29, 1.82) is 0 Å². The summed E-state index contributed by atoms with van der Waals surface area (Å²) in [5, 5.41) is 12.9. The third-order valence-corrected chi connectivity index (χ3v) is 3.03. The van der Waals surface area contributed by atoms with Gasteiger partial charge in [0.2, 0.25) is 0 Å². The summed E-state index contributed by atoms with van der Waals surface area (Å²) in [7, 11) is 0. The number of nitrogens with one attached hydrogen (secondary N) is 1. The molecule has 1 saturated heterocycles. The fourth-order valence-corrected chi connectivity index (χ4v) is 2.00. The lowest BCUT2D eigenvalue weighted by Gasteiger charge is -2.30. The number of piperidine rings is 1. The van der Waals surface area contributed by atoms with Crippen molar-refractivity contribution in [2.24, 2.45) is 0 Å². The van der Waals surface area contributed by atoms with Gasteiger partial charge >= 0.3 is 6.03 Å². The van der Waals surface area contributed by atoms with Crippen LogP contribution in [-0.4, -0.2) is 35.2 Å². The maximum absolute atomic E-state index is 11.9. The van der Waals surface area contributed by atoms with Crippen LogP contribution in [0.3, 0.4) is 0 Å². The summed E-state index contributed by atoms with van der Waals surface area (Å²) in [6, 6.07) is 6.78. The number of nitrogens with zero attached hydrogens (tertiary/aromatic N) is 1. The van der Waals surface area contributed by atoms with Crippen LogP contribution in [0.2, 0.25) is 5.02 Å². The van der Waals surface area contributed by atoms with E-state index in [1.807, 2.05) is 0 Å². The lowest BCUT2D eigenvalue weighted by Crippen LogP contribution is -2.44. The Labute approximate surface area is 105 Å². The minimum Gasteiger partial charge on any atom is -0.391 e. The molecule has 0 bridgehead atoms. The Hall–Kier alpha value is -1.26. The van der Waals surface area contributed by atoms with Crippen molar-refractivity contribution in [2.75, 3.05) is 18.4 Å². The number of hydrogen-bond acceptors (Lipinski definition) is 2. The number of aliphatic hydroxyl groups is 1. The minimum absolute atomic E-state index is 0.175. The number of β-amino-alcohol motifs (C(OH)–C–C–N with tert-alkyl or cyclic N) is 1. The van der Waals surface area contributed by atoms with Crippen LogP contribution in [0.5, 0.6) is 0 Å². The quantitative estimate of drug-likeness (QED) is 0.808. The molecule has 0 aromatic heterocycles. The van der Waals surface area contributed by atoms with Gasteiger partial charge in [0.05, 0.1) is 6.10 Å². The average molecular weight is 255 g/mol. The van der Waals surface area contributed by atoms with Gasteiger partial charge in [-0.2, -0.15) is 0 Å². The van der Waals surface area contributed by atoms with Crippen LogP contribution in [-0.2, 0) is 0 Å². The van der Waals surface area contributed by atoms with Gasteiger partial charge < -0.3 is 15.3 Å². The molecule has 0 spiro atoms. The molecule has 0 aliphatic carbocycles. The molecule has 1 aromatic rings. The fourth-order valence-electron chi connectivity index (χ4n) is 1.87. The Morgan fingerprint density at radius 1 is 1.41 bits per heavy atom. The number of anilines is 1. The van der Waals surface area contributed by atoms with Crippen molar-refractivity contribution in [2.45, 2.75) is 18.9 Å². The molecule has 1 aliphatic heterocycles. The van der Waals surface area contributed by atoms with Gasteiger partial charge in [-0.25, -0.2) is 4.79 Å². The Balaban J connectivity index is 1.94. The Kier molecular flexibility index (Phi) is 3.86. The van der Waals surface area contributed by atoms with Gasteiger partial charge in [0.1, 0.15) is 0 Å². The molecular weight excluding hydrogens is 240 g/mol. The second kappa shape index (κ2) is 5.38. The summed E-state index contributed by atoms with van der Waals surface area (Å²) in [6.07, 6.45) is 1.21. The minimum atomic E-state index is -0.403. The van der Waals surface area contributed by atoms with Gasteiger partial charge in [-0.05, 0) is 37.1 Å². The zero-order valence-corrected chi connectivity index (χ0v) is 10.2. The number of aliphatic hydroxyl groups excluding tert-OH is 1. The van der Waals surface area contributed by atoms with E-state index in [2.05, 4.69) is 5.32 Å². The number of likely N-dealkylation sites (tertiary alicyclic amines) is 1. The van der Waals surface area contributed by atoms with Gasteiger partial charge in [-0.3, -0.25) is 0 Å². The maximum atomic E-state index is 11.9. The molecule has 0 unspecified atom stereocenters. The van der Waals surface area contributed by atoms with Crippen molar-refractivity contribution in [1.82, 2.24) is 4.90 Å². The maximum Gasteiger partial charge on any atom is 0.321 e. The SMILES string of the molecule is O=C(Nc1ccc(Cl)cc1)N1CCC[C@H](O)C1. The molecule has 0 saturated carbocycles. The van der Waals surface area contributed by atoms with E-state index in [0.29, 0.717) is 23.8 Å². The Morgan fingerprint density at radius 2 is 2.12 bits per heavy atom. The van der Waals surface area contributed by atoms with Crippen molar-refractivity contribution < 1.29 is 9.90 Å². The highest BCUT2D eigenvalue weighted by atomic mass is 35.5. The van der Waals surface area contributed by atoms with Crippen LogP contribution >= 0.6 is 11.6 Å². The number of carbonyl (C=O) groups excluding carboxylic acids is 1. The highest BCUT2D eigenvalue weighted by Gasteiger charge is 2.21. The second-order valence-electron chi connectivity index (χ2n) is 4.18. The number of benzene rings is 1. The molecule has 0 radical (unpaired) electrons. The van der Waals surface area contributed by atoms with Gasteiger partial charge in [0, 0.05) is 23.8 Å². The molecule has 2 rings (SSSR count). The first-order chi connectivity index (χ1) is 8.15. The number of hydrogen-bond donors (Lipinski definition) is 2. The highest BCUT2D eigenvalue weighted by molar-refractivity contribution is 6.30. The predicted octanol–water partition coefficient (Wildman–Crippen LogP) is 2.33. The zero-order valence-electron chi connectivity index (χ0n) is 9.40. The fraction of sp³-hybridized carbons (Fsp3) is 0.417. The topological polar surface area (TPSA) is 52.6 Å². The number of halogens is 1. The predicted molar refractivity (Wildman–Crippen MR) is 67.3 cm³/mol. The average Bonchev–Trinajstić information content (AvgIpc) is 2.32. The largest absolute Gasteiger partial charge is 0.391 e. The van der Waals surface area contributed by atoms with E-state index >= 15 is 0 Å². The summed E-state index contributed by atoms with van der Waals surface area (Å²) in [5.41, 5.74) is 0.708. The number of urea groups is 1. The van der Waals surface area contributed by atoms with Crippen LogP contribution in [0.15, 0.2) is 24.3 Å². The molecule has 1 aromatic carbocycles. The van der Waals surface area contributed by atoms with Gasteiger partial charge in [-0.15, -0.1) is 0 Å². The van der Waals surface area contributed by atoms with Crippen LogP contribution in [0.1, 0.15) is 12.8 Å². The molecule has 2 N–H and O–H groups in total. The van der Waals surface area contributed by atoms with E-state index in [9.17, 15) is 9.90 Å². The Bertz CT molecular complexity index is 394. The van der Waals surface area contributed by atoms with E-state index in [0.717, 1.165) is 12.8 Å². The van der Waals surface area contributed by atoms with E-state index in [4.69, 9.17) is 11.6 Å². The summed E-state index contributed by atoms with van der Waals surface area (Å²) in [5.74, 6) is 0. The molecule has 1 fully saturated rings. The normalized spacial score (nSPS) is 20.1. The van der Waals surface area contributed by atoms with E-state index in [1.165, 1.54) is 0 Å². The van der Waals surface area contributed by atoms with Crippen LogP contribution in [0, 0.1) is 0 Å². The van der Waals surface area contributed by atoms with Crippen molar-refractivity contribution in [3.05, 3.63) is 29.3 Å². The van der Waals surface area contributed by atoms with Crippen LogP contribution in [0.25, 0.3) is 0 Å². The molecule has 92 valence electrons. The summed E-state index contributed by atoms with van der Waals surface area (Å²) in [6.45, 7) is 1.09. The monoisotopic (exact) mass is 254 g/mol. The number of amides is 2. The van der Waals surface area contributed by atoms with E-state index < -0.39 is 6.10 Å². The summed E-state index contributed by atoms with van der Waals surface area (Å²) in [4.78, 5) is 13.5. The third kappa shape index (κ3) is 3.35. The van der Waals surface area contributed by atoms with Crippen LogP contribution < -0.4 is 5.32 Å². The Morgan fingerprint density at radius 3 is 2.76 bits per heavy atom. The number of rotatable bonds is 1. The molecule has 4 nitrogen and oxygen atoms in total. The van der Waals surface area contributed by atoms with Gasteiger partial charge in [0.25, 0.3) is 0 Å². The van der Waals surface area contributed by atoms with Crippen molar-refractivity contribution in [3.8, 4) is 0 Å². The molecule has 1 atom stereocenters. The van der Waals surface area contributed by atoms with Gasteiger partial charge in [0.15, 0.2) is 0 Å². The third-order valence-electron chi connectivity index (χ3n) is 2.78. The molecule has 1 heterocycles. The van der Waals surface area contributed by atoms with E-state index in [-0.39, 0.29) is 6.03 Å².